The Bertz CT molecular complexity index is 228. The van der Waals surface area contributed by atoms with Gasteiger partial charge in [0.05, 0.1) is 26.2 Å². The van der Waals surface area contributed by atoms with Crippen molar-refractivity contribution in [2.24, 2.45) is 0 Å². The van der Waals surface area contributed by atoms with Crippen LogP contribution in [0.5, 0.6) is 0 Å². The zero-order valence-corrected chi connectivity index (χ0v) is 16.5. The van der Waals surface area contributed by atoms with E-state index in [1.807, 2.05) is 0 Å². The van der Waals surface area contributed by atoms with Crippen molar-refractivity contribution in [1.82, 2.24) is 0 Å². The average molecular weight is 329 g/mol. The van der Waals surface area contributed by atoms with E-state index in [2.05, 4.69) is 39.9 Å². The number of unbranched alkanes of at least 4 members (excludes halogenated alkanes) is 8. The molecule has 0 saturated carbocycles. The third-order valence-corrected chi connectivity index (χ3v) is 4.81. The van der Waals surface area contributed by atoms with Crippen molar-refractivity contribution in [1.29, 1.82) is 0 Å². The van der Waals surface area contributed by atoms with Crippen molar-refractivity contribution in [3.63, 3.8) is 0 Å². The summed E-state index contributed by atoms with van der Waals surface area (Å²) >= 11 is 3.70. The van der Waals surface area contributed by atoms with E-state index in [1.165, 1.54) is 100 Å². The highest BCUT2D eigenvalue weighted by Gasteiger charge is 2.21. The molecule has 0 rings (SSSR count). The Morgan fingerprint density at radius 3 is 1.27 bits per heavy atom. The molecule has 0 fully saturated rings. The van der Waals surface area contributed by atoms with E-state index in [0.29, 0.717) is 0 Å². The van der Waals surface area contributed by atoms with Crippen LogP contribution in [0.4, 0.5) is 0 Å². The predicted octanol–water partition coefficient (Wildman–Crippen LogP) is 6.44. The van der Waals surface area contributed by atoms with Crippen molar-refractivity contribution in [2.75, 3.05) is 26.2 Å². The zero-order valence-electron chi connectivity index (χ0n) is 15.7. The molecule has 0 heterocycles. The van der Waals surface area contributed by atoms with Gasteiger partial charge in [-0.05, 0) is 39.5 Å². The summed E-state index contributed by atoms with van der Waals surface area (Å²) in [5.74, 6) is 0. The van der Waals surface area contributed by atoms with Gasteiger partial charge in [-0.2, -0.15) is 5.16 Å². The molecule has 0 amide bonds. The van der Waals surface area contributed by atoms with Gasteiger partial charge in [-0.15, -0.1) is 0 Å². The lowest BCUT2D eigenvalue weighted by molar-refractivity contribution is -0.925. The summed E-state index contributed by atoms with van der Waals surface area (Å²) in [7, 11) is 0. The van der Waals surface area contributed by atoms with Gasteiger partial charge in [0, 0.05) is 0 Å². The smallest absolute Gasteiger partial charge is 0.0786 e. The lowest BCUT2D eigenvalue weighted by Crippen LogP contribution is -2.49. The second kappa shape index (κ2) is 18.8. The van der Waals surface area contributed by atoms with Gasteiger partial charge in [-0.3, -0.25) is 0 Å². The van der Waals surface area contributed by atoms with Crippen molar-refractivity contribution in [3.8, 4) is 0 Å². The van der Waals surface area contributed by atoms with Crippen molar-refractivity contribution < 1.29 is 4.48 Å². The van der Waals surface area contributed by atoms with Crippen LogP contribution in [-0.4, -0.2) is 35.8 Å². The fraction of sp³-hybridized carbons (Fsp3) is 0.947. The molecular weight excluding hydrogens is 288 g/mol. The maximum atomic E-state index is 7.13. The largest absolute Gasteiger partial charge is 0.753 e. The molecular formula is C19H40N2S. The quantitative estimate of drug-likeness (QED) is 0.156. The van der Waals surface area contributed by atoms with Gasteiger partial charge in [0.1, 0.15) is 0 Å². The monoisotopic (exact) mass is 328 g/mol. The minimum Gasteiger partial charge on any atom is -0.753 e. The summed E-state index contributed by atoms with van der Waals surface area (Å²) in [6.45, 7) is 14.9. The molecule has 0 bridgehead atoms. The molecule has 0 unspecified atom stereocenters. The van der Waals surface area contributed by atoms with Crippen LogP contribution in [0.15, 0.2) is 0 Å². The van der Waals surface area contributed by atoms with E-state index in [4.69, 9.17) is 5.41 Å². The second-order valence-corrected chi connectivity index (χ2v) is 6.52. The first kappa shape index (κ1) is 24.0. The van der Waals surface area contributed by atoms with Gasteiger partial charge in [-0.25, -0.2) is 0 Å². The first-order valence-corrected chi connectivity index (χ1v) is 9.93. The Morgan fingerprint density at radius 2 is 1.00 bits per heavy atom. The molecule has 0 N–H and O–H groups in total. The molecule has 0 aromatic rings. The molecule has 0 saturated heterocycles. The van der Waals surface area contributed by atoms with E-state index < -0.39 is 0 Å². The van der Waals surface area contributed by atoms with Gasteiger partial charge in [0.2, 0.25) is 0 Å². The summed E-state index contributed by atoms with van der Waals surface area (Å²) in [4.78, 5) is 0. The number of hydrogen-bond acceptors (Lipinski definition) is 1. The number of hydrogen-bond donors (Lipinski definition) is 0. The molecule has 2 nitrogen and oxygen atoms in total. The standard InChI is InChI=1S/C18H40N.CNS/c1-5-9-11-13-15-17-19(7-3,8-4)18-16-14-12-10-6-2;2-1-3/h5-18H2,1-4H3;/q+1;-1. The molecule has 132 valence electrons. The van der Waals surface area contributed by atoms with Crippen molar-refractivity contribution in [2.45, 2.75) is 91.9 Å². The first-order chi connectivity index (χ1) is 10.7. The van der Waals surface area contributed by atoms with Crippen LogP contribution in [0.1, 0.15) is 91.9 Å². The molecule has 0 aliphatic rings. The molecule has 0 aliphatic carbocycles. The predicted molar refractivity (Wildman–Crippen MR) is 105 cm³/mol. The second-order valence-electron chi connectivity index (χ2n) is 6.34. The number of isothiocyanates is 1. The maximum Gasteiger partial charge on any atom is 0.0786 e. The first-order valence-electron chi connectivity index (χ1n) is 9.52. The van der Waals surface area contributed by atoms with Gasteiger partial charge in [0.15, 0.2) is 0 Å². The molecule has 22 heavy (non-hydrogen) atoms. The number of nitrogens with zero attached hydrogens (tertiary/aromatic N) is 2. The summed E-state index contributed by atoms with van der Waals surface area (Å²) in [6, 6.07) is 0. The molecule has 0 spiro atoms. The van der Waals surface area contributed by atoms with Gasteiger partial charge in [0.25, 0.3) is 0 Å². The Labute approximate surface area is 145 Å². The van der Waals surface area contributed by atoms with Crippen molar-refractivity contribution >= 4 is 17.4 Å². The van der Waals surface area contributed by atoms with Crippen molar-refractivity contribution in [3.05, 3.63) is 5.41 Å². The Hall–Kier alpha value is -0.240. The van der Waals surface area contributed by atoms with E-state index in [1.54, 1.807) is 0 Å². The zero-order chi connectivity index (χ0) is 17.1. The summed E-state index contributed by atoms with van der Waals surface area (Å²) in [6.07, 6.45) is 14.2. The van der Waals surface area contributed by atoms with E-state index in [0.717, 1.165) is 0 Å². The van der Waals surface area contributed by atoms with Gasteiger partial charge < -0.3 is 9.89 Å². The van der Waals surface area contributed by atoms with Crippen LogP contribution >= 0.6 is 12.2 Å². The van der Waals surface area contributed by atoms with E-state index >= 15 is 0 Å². The highest BCUT2D eigenvalue weighted by molar-refractivity contribution is 7.78. The van der Waals surface area contributed by atoms with E-state index in [-0.39, 0.29) is 0 Å². The van der Waals surface area contributed by atoms with E-state index in [9.17, 15) is 0 Å². The Morgan fingerprint density at radius 1 is 0.682 bits per heavy atom. The molecule has 0 radical (unpaired) electrons. The van der Waals surface area contributed by atoms with Gasteiger partial charge >= 0.3 is 0 Å². The fourth-order valence-electron chi connectivity index (χ4n) is 3.07. The summed E-state index contributed by atoms with van der Waals surface area (Å²) in [5, 5.41) is 8.47. The van der Waals surface area contributed by atoms with Crippen LogP contribution in [0.3, 0.4) is 0 Å². The highest BCUT2D eigenvalue weighted by atomic mass is 32.1. The minimum absolute atomic E-state index is 1.33. The Balaban J connectivity index is 0. The fourth-order valence-corrected chi connectivity index (χ4v) is 3.07. The number of thiocarbonyl (C=S) groups is 1. The molecule has 0 aliphatic heterocycles. The normalized spacial score (nSPS) is 10.7. The SMILES string of the molecule is CCCCCCC[N+](CC)(CC)CCCCCCC.[N-]=C=S. The lowest BCUT2D eigenvalue weighted by atomic mass is 10.1. The van der Waals surface area contributed by atoms with Crippen LogP contribution < -0.4 is 0 Å². The van der Waals surface area contributed by atoms with Crippen LogP contribution in [-0.2, 0) is 0 Å². The Kier molecular flexibility index (Phi) is 20.5. The minimum atomic E-state index is 1.33. The average Bonchev–Trinajstić information content (AvgIpc) is 2.53. The van der Waals surface area contributed by atoms with Gasteiger partial charge in [-0.1, -0.05) is 64.6 Å². The summed E-state index contributed by atoms with van der Waals surface area (Å²) < 4.78 is 1.37. The molecule has 3 heteroatoms. The summed E-state index contributed by atoms with van der Waals surface area (Å²) in [5.41, 5.74) is 0. The van der Waals surface area contributed by atoms with Crippen LogP contribution in [0.25, 0.3) is 5.41 Å². The number of quaternary nitrogens is 1. The van der Waals surface area contributed by atoms with Crippen LogP contribution in [0, 0.1) is 0 Å². The van der Waals surface area contributed by atoms with Crippen LogP contribution in [0.2, 0.25) is 0 Å². The third kappa shape index (κ3) is 14.7. The third-order valence-electron chi connectivity index (χ3n) is 4.81. The molecule has 0 atom stereocenters. The molecule has 0 aromatic carbocycles. The lowest BCUT2D eigenvalue weighted by Gasteiger charge is -2.37. The number of rotatable bonds is 14. The molecule has 0 aromatic heterocycles. The maximum absolute atomic E-state index is 7.13. The topological polar surface area (TPSA) is 22.3 Å². The highest BCUT2D eigenvalue weighted by Crippen LogP contribution is 2.14.